The number of rotatable bonds is 3. The predicted octanol–water partition coefficient (Wildman–Crippen LogP) is 1.29. The van der Waals surface area contributed by atoms with Crippen LogP contribution in [-0.4, -0.2) is 47.7 Å². The van der Waals surface area contributed by atoms with Crippen LogP contribution in [0.2, 0.25) is 0 Å². The molecule has 1 aromatic heterocycles. The van der Waals surface area contributed by atoms with E-state index in [1.165, 1.54) is 18.5 Å². The predicted molar refractivity (Wildman–Crippen MR) is 66.4 cm³/mol. The third-order valence-corrected chi connectivity index (χ3v) is 3.19. The number of ether oxygens (including phenoxy) is 1. The minimum absolute atomic E-state index is 0.0142. The first kappa shape index (κ1) is 12.8. The number of carbonyl (C=O) groups is 1. The molecule has 0 unspecified atom stereocenters. The fourth-order valence-corrected chi connectivity index (χ4v) is 2.16. The van der Waals surface area contributed by atoms with Crippen LogP contribution in [0, 0.1) is 5.92 Å². The van der Waals surface area contributed by atoms with Gasteiger partial charge < -0.3 is 14.7 Å². The van der Waals surface area contributed by atoms with Gasteiger partial charge in [0.05, 0.1) is 11.8 Å². The van der Waals surface area contributed by atoms with Gasteiger partial charge in [-0.15, -0.1) is 0 Å². The SMILES string of the molecule is CN(CC1CCOCC1)C(=O)c1cncc(O)c1. The molecule has 2 heterocycles. The van der Waals surface area contributed by atoms with E-state index < -0.39 is 0 Å². The molecule has 2 rings (SSSR count). The lowest BCUT2D eigenvalue weighted by atomic mass is 10.00. The molecular weight excluding hydrogens is 232 g/mol. The average molecular weight is 250 g/mol. The van der Waals surface area contributed by atoms with E-state index in [4.69, 9.17) is 4.74 Å². The molecule has 1 fully saturated rings. The largest absolute Gasteiger partial charge is 0.506 e. The zero-order chi connectivity index (χ0) is 13.0. The highest BCUT2D eigenvalue weighted by molar-refractivity contribution is 5.94. The molecule has 1 N–H and O–H groups in total. The molecule has 0 aromatic carbocycles. The molecule has 5 heteroatoms. The van der Waals surface area contributed by atoms with E-state index >= 15 is 0 Å². The molecule has 98 valence electrons. The lowest BCUT2D eigenvalue weighted by molar-refractivity contribution is 0.0497. The Hall–Kier alpha value is -1.62. The summed E-state index contributed by atoms with van der Waals surface area (Å²) in [5, 5.41) is 9.32. The number of aromatic nitrogens is 1. The maximum atomic E-state index is 12.1. The Labute approximate surface area is 106 Å². The number of pyridine rings is 1. The maximum Gasteiger partial charge on any atom is 0.255 e. The van der Waals surface area contributed by atoms with E-state index in [0.29, 0.717) is 11.5 Å². The second-order valence-electron chi connectivity index (χ2n) is 4.67. The molecule has 0 atom stereocenters. The van der Waals surface area contributed by atoms with Crippen molar-refractivity contribution >= 4 is 5.91 Å². The lowest BCUT2D eigenvalue weighted by Crippen LogP contribution is -2.34. The number of nitrogens with zero attached hydrogens (tertiary/aromatic N) is 2. The van der Waals surface area contributed by atoms with Gasteiger partial charge in [0.25, 0.3) is 5.91 Å². The monoisotopic (exact) mass is 250 g/mol. The van der Waals surface area contributed by atoms with Crippen molar-refractivity contribution in [3.8, 4) is 5.75 Å². The van der Waals surface area contributed by atoms with Gasteiger partial charge in [-0.05, 0) is 24.8 Å². The number of amides is 1. The molecule has 0 spiro atoms. The Morgan fingerprint density at radius 3 is 2.89 bits per heavy atom. The van der Waals surface area contributed by atoms with Gasteiger partial charge in [-0.2, -0.15) is 0 Å². The first-order chi connectivity index (χ1) is 8.66. The third-order valence-electron chi connectivity index (χ3n) is 3.19. The summed E-state index contributed by atoms with van der Waals surface area (Å²) in [7, 11) is 1.78. The molecule has 1 aliphatic rings. The summed E-state index contributed by atoms with van der Waals surface area (Å²) in [6, 6.07) is 1.44. The molecule has 1 amide bonds. The van der Waals surface area contributed by atoms with Crippen molar-refractivity contribution in [2.75, 3.05) is 26.8 Å². The summed E-state index contributed by atoms with van der Waals surface area (Å²) < 4.78 is 5.30. The Balaban J connectivity index is 1.95. The summed E-state index contributed by atoms with van der Waals surface area (Å²) in [4.78, 5) is 17.6. The van der Waals surface area contributed by atoms with E-state index in [1.54, 1.807) is 11.9 Å². The van der Waals surface area contributed by atoms with Crippen LogP contribution in [0.3, 0.4) is 0 Å². The van der Waals surface area contributed by atoms with Crippen LogP contribution in [0.15, 0.2) is 18.5 Å². The second-order valence-corrected chi connectivity index (χ2v) is 4.67. The van der Waals surface area contributed by atoms with Crippen LogP contribution in [0.25, 0.3) is 0 Å². The Morgan fingerprint density at radius 1 is 1.50 bits per heavy atom. The van der Waals surface area contributed by atoms with Gasteiger partial charge in [0.1, 0.15) is 5.75 Å². The third kappa shape index (κ3) is 3.20. The molecule has 1 saturated heterocycles. The normalized spacial score (nSPS) is 16.5. The Morgan fingerprint density at radius 2 is 2.22 bits per heavy atom. The van der Waals surface area contributed by atoms with Gasteiger partial charge in [0.2, 0.25) is 0 Å². The first-order valence-corrected chi connectivity index (χ1v) is 6.14. The molecule has 0 radical (unpaired) electrons. The quantitative estimate of drug-likeness (QED) is 0.878. The molecule has 18 heavy (non-hydrogen) atoms. The van der Waals surface area contributed by atoms with Gasteiger partial charge in [-0.25, -0.2) is 0 Å². The minimum atomic E-state index is -0.107. The van der Waals surface area contributed by atoms with Crippen LogP contribution in [0.1, 0.15) is 23.2 Å². The van der Waals surface area contributed by atoms with E-state index in [2.05, 4.69) is 4.98 Å². The summed E-state index contributed by atoms with van der Waals surface area (Å²) in [6.45, 7) is 2.28. The van der Waals surface area contributed by atoms with Crippen LogP contribution >= 0.6 is 0 Å². The van der Waals surface area contributed by atoms with Crippen LogP contribution < -0.4 is 0 Å². The summed E-state index contributed by atoms with van der Waals surface area (Å²) in [5.41, 5.74) is 0.421. The Bertz CT molecular complexity index is 416. The molecule has 1 aromatic rings. The second kappa shape index (κ2) is 5.82. The number of hydrogen-bond acceptors (Lipinski definition) is 4. The lowest BCUT2D eigenvalue weighted by Gasteiger charge is -2.27. The number of carbonyl (C=O) groups excluding carboxylic acids is 1. The van der Waals surface area contributed by atoms with Gasteiger partial charge in [-0.3, -0.25) is 9.78 Å². The molecule has 5 nitrogen and oxygen atoms in total. The van der Waals surface area contributed by atoms with Gasteiger partial charge in [0, 0.05) is 33.0 Å². The van der Waals surface area contributed by atoms with E-state index in [1.807, 2.05) is 0 Å². The van der Waals surface area contributed by atoms with Crippen molar-refractivity contribution in [2.45, 2.75) is 12.8 Å². The average Bonchev–Trinajstić information content (AvgIpc) is 2.39. The first-order valence-electron chi connectivity index (χ1n) is 6.14. The highest BCUT2D eigenvalue weighted by atomic mass is 16.5. The van der Waals surface area contributed by atoms with E-state index in [0.717, 1.165) is 32.6 Å². The number of aromatic hydroxyl groups is 1. The Kier molecular flexibility index (Phi) is 4.15. The highest BCUT2D eigenvalue weighted by Crippen LogP contribution is 2.17. The van der Waals surface area contributed by atoms with Crippen molar-refractivity contribution in [1.29, 1.82) is 0 Å². The molecular formula is C13H18N2O3. The van der Waals surface area contributed by atoms with Crippen LogP contribution in [0.4, 0.5) is 0 Å². The van der Waals surface area contributed by atoms with Gasteiger partial charge in [-0.1, -0.05) is 0 Å². The molecule has 0 saturated carbocycles. The summed E-state index contributed by atoms with van der Waals surface area (Å²) >= 11 is 0. The zero-order valence-electron chi connectivity index (χ0n) is 10.5. The molecule has 1 aliphatic heterocycles. The van der Waals surface area contributed by atoms with Crippen molar-refractivity contribution < 1.29 is 14.6 Å². The van der Waals surface area contributed by atoms with Gasteiger partial charge in [0.15, 0.2) is 0 Å². The smallest absolute Gasteiger partial charge is 0.255 e. The molecule has 0 aliphatic carbocycles. The summed E-state index contributed by atoms with van der Waals surface area (Å²) in [6.07, 6.45) is 4.78. The zero-order valence-corrected chi connectivity index (χ0v) is 10.5. The van der Waals surface area contributed by atoms with Crippen molar-refractivity contribution in [3.63, 3.8) is 0 Å². The van der Waals surface area contributed by atoms with Gasteiger partial charge >= 0.3 is 0 Å². The topological polar surface area (TPSA) is 62.7 Å². The molecule has 0 bridgehead atoms. The highest BCUT2D eigenvalue weighted by Gasteiger charge is 2.19. The van der Waals surface area contributed by atoms with E-state index in [9.17, 15) is 9.90 Å². The van der Waals surface area contributed by atoms with Crippen molar-refractivity contribution in [1.82, 2.24) is 9.88 Å². The number of hydrogen-bond donors (Lipinski definition) is 1. The fraction of sp³-hybridized carbons (Fsp3) is 0.538. The van der Waals surface area contributed by atoms with Crippen molar-refractivity contribution in [2.24, 2.45) is 5.92 Å². The van der Waals surface area contributed by atoms with Crippen LogP contribution in [-0.2, 0) is 4.74 Å². The fourth-order valence-electron chi connectivity index (χ4n) is 2.16. The maximum absolute atomic E-state index is 12.1. The summed E-state index contributed by atoms with van der Waals surface area (Å²) in [5.74, 6) is 0.406. The standard InChI is InChI=1S/C13H18N2O3/c1-15(9-10-2-4-18-5-3-10)13(17)11-6-12(16)8-14-7-11/h6-8,10,16H,2-5,9H2,1H3. The minimum Gasteiger partial charge on any atom is -0.506 e. The van der Waals surface area contributed by atoms with E-state index in [-0.39, 0.29) is 11.7 Å². The van der Waals surface area contributed by atoms with Crippen molar-refractivity contribution in [3.05, 3.63) is 24.0 Å². The van der Waals surface area contributed by atoms with Crippen LogP contribution in [0.5, 0.6) is 5.75 Å².